The molecular formula is C22H30O2. The van der Waals surface area contributed by atoms with Crippen molar-refractivity contribution in [3.05, 3.63) is 35.6 Å². The summed E-state index contributed by atoms with van der Waals surface area (Å²) in [5, 5.41) is 0. The molecule has 2 nitrogen and oxygen atoms in total. The fourth-order valence-electron chi connectivity index (χ4n) is 6.38. The molecule has 24 heavy (non-hydrogen) atoms. The molecule has 2 heteroatoms. The Bertz CT molecular complexity index is 626. The van der Waals surface area contributed by atoms with Crippen LogP contribution in [0.15, 0.2) is 35.6 Å². The minimum absolute atomic E-state index is 0.0788. The number of carbonyl (C=O) groups is 1. The normalized spacial score (nSPS) is 41.1. The van der Waals surface area contributed by atoms with Crippen LogP contribution >= 0.6 is 0 Å². The van der Waals surface area contributed by atoms with Crippen molar-refractivity contribution in [2.24, 2.45) is 29.1 Å². The minimum atomic E-state index is -0.0788. The Morgan fingerprint density at radius 3 is 2.88 bits per heavy atom. The van der Waals surface area contributed by atoms with Gasteiger partial charge < -0.3 is 4.74 Å². The molecule has 0 aromatic heterocycles. The summed E-state index contributed by atoms with van der Waals surface area (Å²) in [5.41, 5.74) is 2.34. The molecule has 4 rings (SSSR count). The second-order valence-corrected chi connectivity index (χ2v) is 8.25. The number of carbonyl (C=O) groups excluding carboxylic acids is 1. The maximum Gasteiger partial charge on any atom is 0.164 e. The zero-order chi connectivity index (χ0) is 16.9. The molecule has 0 aromatic carbocycles. The third-order valence-corrected chi connectivity index (χ3v) is 7.50. The SMILES string of the molecule is C=C1C[C@H]2[C@@H]3CC=C4C=C(OCC)CC[C@@H]4[C@H]3CC[C@]2(CC)C1=O. The van der Waals surface area contributed by atoms with Crippen LogP contribution in [0, 0.1) is 29.1 Å². The largest absolute Gasteiger partial charge is 0.498 e. The Morgan fingerprint density at radius 1 is 1.29 bits per heavy atom. The van der Waals surface area contributed by atoms with Gasteiger partial charge in [-0.3, -0.25) is 4.79 Å². The molecule has 4 aliphatic rings. The van der Waals surface area contributed by atoms with Gasteiger partial charge in [-0.05, 0) is 86.3 Å². The molecule has 0 radical (unpaired) electrons. The van der Waals surface area contributed by atoms with Crippen LogP contribution in [0.2, 0.25) is 0 Å². The molecule has 2 fully saturated rings. The summed E-state index contributed by atoms with van der Waals surface area (Å²) in [6.45, 7) is 9.15. The average molecular weight is 326 g/mol. The summed E-state index contributed by atoms with van der Waals surface area (Å²) in [7, 11) is 0. The molecule has 5 atom stereocenters. The van der Waals surface area contributed by atoms with E-state index in [-0.39, 0.29) is 5.41 Å². The highest BCUT2D eigenvalue weighted by molar-refractivity contribution is 6.02. The minimum Gasteiger partial charge on any atom is -0.498 e. The summed E-state index contributed by atoms with van der Waals surface area (Å²) in [4.78, 5) is 12.8. The van der Waals surface area contributed by atoms with Gasteiger partial charge in [-0.25, -0.2) is 0 Å². The van der Waals surface area contributed by atoms with Crippen molar-refractivity contribution in [2.75, 3.05) is 6.61 Å². The fraction of sp³-hybridized carbons (Fsp3) is 0.682. The zero-order valence-corrected chi connectivity index (χ0v) is 15.1. The first-order chi connectivity index (χ1) is 11.6. The van der Waals surface area contributed by atoms with Gasteiger partial charge in [-0.1, -0.05) is 19.6 Å². The maximum absolute atomic E-state index is 12.8. The predicted octanol–water partition coefficient (Wildman–Crippen LogP) is 5.21. The number of fused-ring (bicyclic) bond motifs is 5. The molecule has 130 valence electrons. The third-order valence-electron chi connectivity index (χ3n) is 7.50. The lowest BCUT2D eigenvalue weighted by molar-refractivity contribution is -0.130. The third kappa shape index (κ3) is 2.18. The molecule has 4 aliphatic carbocycles. The number of ether oxygens (including phenoxy) is 1. The molecule has 0 unspecified atom stereocenters. The second-order valence-electron chi connectivity index (χ2n) is 8.25. The topological polar surface area (TPSA) is 26.3 Å². The van der Waals surface area contributed by atoms with Crippen LogP contribution in [0.1, 0.15) is 58.8 Å². The Kier molecular flexibility index (Phi) is 3.97. The molecule has 0 saturated heterocycles. The maximum atomic E-state index is 12.8. The lowest BCUT2D eigenvalue weighted by Gasteiger charge is -2.51. The van der Waals surface area contributed by atoms with E-state index in [2.05, 4.69) is 32.6 Å². The van der Waals surface area contributed by atoms with Gasteiger partial charge in [0.2, 0.25) is 0 Å². The Morgan fingerprint density at radius 2 is 2.12 bits per heavy atom. The molecule has 0 aromatic rings. The Labute approximate surface area is 146 Å². The fourth-order valence-corrected chi connectivity index (χ4v) is 6.38. The monoisotopic (exact) mass is 326 g/mol. The molecule has 0 N–H and O–H groups in total. The van der Waals surface area contributed by atoms with E-state index in [4.69, 9.17) is 4.74 Å². The van der Waals surface area contributed by atoms with Crippen molar-refractivity contribution in [1.29, 1.82) is 0 Å². The Hall–Kier alpha value is -1.31. The van der Waals surface area contributed by atoms with Crippen LogP contribution in [0.4, 0.5) is 0 Å². The van der Waals surface area contributed by atoms with Gasteiger partial charge in [0.1, 0.15) is 0 Å². The van der Waals surface area contributed by atoms with Crippen molar-refractivity contribution in [2.45, 2.75) is 58.8 Å². The quantitative estimate of drug-likeness (QED) is 0.665. The highest BCUT2D eigenvalue weighted by Gasteiger charge is 2.58. The first-order valence-electron chi connectivity index (χ1n) is 9.86. The van der Waals surface area contributed by atoms with Crippen molar-refractivity contribution >= 4 is 5.78 Å². The van der Waals surface area contributed by atoms with Gasteiger partial charge in [0, 0.05) is 11.8 Å². The first-order valence-corrected chi connectivity index (χ1v) is 9.86. The van der Waals surface area contributed by atoms with E-state index in [0.29, 0.717) is 23.5 Å². The molecule has 0 aliphatic heterocycles. The number of ketones is 1. The van der Waals surface area contributed by atoms with Gasteiger partial charge in [-0.2, -0.15) is 0 Å². The summed E-state index contributed by atoms with van der Waals surface area (Å²) in [6, 6.07) is 0. The average Bonchev–Trinajstić information content (AvgIpc) is 2.86. The second kappa shape index (κ2) is 5.89. The van der Waals surface area contributed by atoms with Crippen molar-refractivity contribution in [1.82, 2.24) is 0 Å². The number of Topliss-reactive ketones (excluding diaryl/α,β-unsaturated/α-hetero) is 1. The van der Waals surface area contributed by atoms with Gasteiger partial charge in [0.15, 0.2) is 5.78 Å². The predicted molar refractivity (Wildman–Crippen MR) is 96.3 cm³/mol. The van der Waals surface area contributed by atoms with Crippen molar-refractivity contribution in [3.8, 4) is 0 Å². The van der Waals surface area contributed by atoms with Crippen LogP contribution < -0.4 is 0 Å². The van der Waals surface area contributed by atoms with E-state index in [1.165, 1.54) is 24.2 Å². The van der Waals surface area contributed by atoms with E-state index in [9.17, 15) is 4.79 Å². The number of allylic oxidation sites excluding steroid dienone is 5. The molecular weight excluding hydrogens is 296 g/mol. The molecule has 0 heterocycles. The van der Waals surface area contributed by atoms with E-state index in [1.807, 2.05) is 0 Å². The van der Waals surface area contributed by atoms with Crippen LogP contribution in [-0.4, -0.2) is 12.4 Å². The molecule has 0 bridgehead atoms. The van der Waals surface area contributed by atoms with Crippen LogP contribution in [0.25, 0.3) is 0 Å². The lowest BCUT2D eigenvalue weighted by atomic mass is 9.52. The summed E-state index contributed by atoms with van der Waals surface area (Å²) >= 11 is 0. The van der Waals surface area contributed by atoms with Crippen molar-refractivity contribution in [3.63, 3.8) is 0 Å². The van der Waals surface area contributed by atoms with E-state index >= 15 is 0 Å². The number of hydrogen-bond acceptors (Lipinski definition) is 2. The zero-order valence-electron chi connectivity index (χ0n) is 15.1. The highest BCUT2D eigenvalue weighted by atomic mass is 16.5. The molecule has 0 spiro atoms. The first kappa shape index (κ1) is 16.2. The lowest BCUT2D eigenvalue weighted by Crippen LogP contribution is -2.46. The summed E-state index contributed by atoms with van der Waals surface area (Å²) < 4.78 is 5.76. The smallest absolute Gasteiger partial charge is 0.164 e. The van der Waals surface area contributed by atoms with Gasteiger partial charge >= 0.3 is 0 Å². The van der Waals surface area contributed by atoms with Gasteiger partial charge in [-0.15, -0.1) is 0 Å². The molecule has 0 amide bonds. The standard InChI is InChI=1S/C22H30O2/c1-4-22-11-10-18-17-9-7-16(24-5-2)13-15(17)6-8-19(18)20(22)12-14(3)21(22)23/h6,13,17-20H,3-5,7-12H2,1-2H3/t17-,18+,19+,20-,22-/m0/s1. The van der Waals surface area contributed by atoms with Crippen LogP contribution in [-0.2, 0) is 9.53 Å². The van der Waals surface area contributed by atoms with E-state index in [1.54, 1.807) is 0 Å². The highest BCUT2D eigenvalue weighted by Crippen LogP contribution is 2.62. The van der Waals surface area contributed by atoms with Crippen molar-refractivity contribution < 1.29 is 9.53 Å². The van der Waals surface area contributed by atoms with Gasteiger partial charge in [0.25, 0.3) is 0 Å². The van der Waals surface area contributed by atoms with Crippen LogP contribution in [0.3, 0.4) is 0 Å². The summed E-state index contributed by atoms with van der Waals surface area (Å²) in [5.74, 6) is 4.22. The summed E-state index contributed by atoms with van der Waals surface area (Å²) in [6.07, 6.45) is 12.5. The van der Waals surface area contributed by atoms with Gasteiger partial charge in [0.05, 0.1) is 12.4 Å². The van der Waals surface area contributed by atoms with E-state index in [0.717, 1.165) is 50.2 Å². The number of rotatable bonds is 3. The van der Waals surface area contributed by atoms with Crippen LogP contribution in [0.5, 0.6) is 0 Å². The molecule has 2 saturated carbocycles. The van der Waals surface area contributed by atoms with E-state index < -0.39 is 0 Å². The number of hydrogen-bond donors (Lipinski definition) is 0. The Balaban J connectivity index is 1.64.